The summed E-state index contributed by atoms with van der Waals surface area (Å²) in [4.78, 5) is 16.5. The number of carbonyl (C=O) groups excluding carboxylic acids is 1. The van der Waals surface area contributed by atoms with Crippen molar-refractivity contribution >= 4 is 29.2 Å². The third-order valence-corrected chi connectivity index (χ3v) is 5.52. The second kappa shape index (κ2) is 9.17. The lowest BCUT2D eigenvalue weighted by Gasteiger charge is -2.11. The van der Waals surface area contributed by atoms with E-state index in [1.807, 2.05) is 38.1 Å². The van der Waals surface area contributed by atoms with Crippen LogP contribution in [0.3, 0.4) is 0 Å². The van der Waals surface area contributed by atoms with Gasteiger partial charge in [-0.2, -0.15) is 10.5 Å². The first-order valence-electron chi connectivity index (χ1n) is 9.12. The van der Waals surface area contributed by atoms with Gasteiger partial charge in [0.2, 0.25) is 5.91 Å². The minimum Gasteiger partial charge on any atom is -0.464 e. The fourth-order valence-electron chi connectivity index (χ4n) is 2.85. The fraction of sp³-hybridized carbons (Fsp3) is 0.182. The molecule has 3 aromatic rings. The summed E-state index contributed by atoms with van der Waals surface area (Å²) in [6.07, 6.45) is 1.68. The van der Waals surface area contributed by atoms with Crippen molar-refractivity contribution < 1.29 is 9.21 Å². The van der Waals surface area contributed by atoms with Gasteiger partial charge in [0.25, 0.3) is 0 Å². The van der Waals surface area contributed by atoms with Crippen LogP contribution in [0.5, 0.6) is 0 Å². The van der Waals surface area contributed by atoms with Gasteiger partial charge < -0.3 is 15.5 Å². The number of aromatic nitrogens is 1. The highest BCUT2D eigenvalue weighted by molar-refractivity contribution is 7.99. The van der Waals surface area contributed by atoms with Crippen molar-refractivity contribution in [3.8, 4) is 23.5 Å². The molecule has 0 spiro atoms. The third kappa shape index (κ3) is 4.45. The van der Waals surface area contributed by atoms with E-state index in [0.29, 0.717) is 22.1 Å². The van der Waals surface area contributed by atoms with Crippen LogP contribution in [-0.2, 0) is 4.79 Å². The molecule has 1 amide bonds. The highest BCUT2D eigenvalue weighted by atomic mass is 32.2. The number of hydrogen-bond donors (Lipinski definition) is 2. The highest BCUT2D eigenvalue weighted by Gasteiger charge is 2.22. The number of amides is 1. The maximum Gasteiger partial charge on any atom is 0.225 e. The Kier molecular flexibility index (Phi) is 6.41. The Hall–Kier alpha value is -3.75. The minimum absolute atomic E-state index is 0.0185. The molecule has 8 heteroatoms. The summed E-state index contributed by atoms with van der Waals surface area (Å²) in [5, 5.41) is 22.4. The summed E-state index contributed by atoms with van der Waals surface area (Å²) in [5.74, 6) is 0.634. The largest absolute Gasteiger partial charge is 0.464 e. The van der Waals surface area contributed by atoms with E-state index in [1.165, 1.54) is 18.0 Å². The van der Waals surface area contributed by atoms with Crippen molar-refractivity contribution in [3.05, 3.63) is 58.8 Å². The van der Waals surface area contributed by atoms with Crippen LogP contribution in [0.25, 0.3) is 11.3 Å². The normalized spacial score (nSPS) is 10.3. The first kappa shape index (κ1) is 21.0. The number of hydrogen-bond acceptors (Lipinski definition) is 7. The number of thioether (sulfide) groups is 1. The fourth-order valence-corrected chi connectivity index (χ4v) is 3.79. The van der Waals surface area contributed by atoms with Gasteiger partial charge in [-0.15, -0.1) is 11.8 Å². The van der Waals surface area contributed by atoms with E-state index in [4.69, 9.17) is 10.2 Å². The predicted octanol–water partition coefficient (Wildman–Crippen LogP) is 4.40. The second-order valence-corrected chi connectivity index (χ2v) is 7.66. The third-order valence-electron chi connectivity index (χ3n) is 4.54. The molecular weight excluding hydrogens is 398 g/mol. The minimum atomic E-state index is -0.142. The molecule has 30 heavy (non-hydrogen) atoms. The number of nitriles is 2. The van der Waals surface area contributed by atoms with Crippen molar-refractivity contribution in [1.82, 2.24) is 4.98 Å². The van der Waals surface area contributed by atoms with E-state index in [-0.39, 0.29) is 29.3 Å². The number of nitrogens with zero attached hydrogens (tertiary/aromatic N) is 3. The summed E-state index contributed by atoms with van der Waals surface area (Å²) in [6.45, 7) is 4.00. The van der Waals surface area contributed by atoms with Gasteiger partial charge in [0.05, 0.1) is 17.4 Å². The van der Waals surface area contributed by atoms with Gasteiger partial charge in [-0.3, -0.25) is 4.79 Å². The number of benzene rings is 1. The molecule has 0 unspecified atom stereocenters. The van der Waals surface area contributed by atoms with Crippen LogP contribution < -0.4 is 11.1 Å². The summed E-state index contributed by atoms with van der Waals surface area (Å²) < 4.78 is 5.38. The van der Waals surface area contributed by atoms with Crippen molar-refractivity contribution in [3.63, 3.8) is 0 Å². The molecule has 150 valence electrons. The Balaban J connectivity index is 1.75. The molecule has 0 bridgehead atoms. The predicted molar refractivity (Wildman–Crippen MR) is 116 cm³/mol. The zero-order valence-corrected chi connectivity index (χ0v) is 17.3. The number of aryl methyl sites for hydroxylation is 2. The molecule has 3 rings (SSSR count). The van der Waals surface area contributed by atoms with Gasteiger partial charge >= 0.3 is 0 Å². The smallest absolute Gasteiger partial charge is 0.225 e. The molecule has 1 aromatic carbocycles. The molecule has 0 aliphatic heterocycles. The standard InChI is InChI=1S/C22H19N5O2S/c1-13-5-6-15(10-14(13)2)26-19(28)7-9-30-22-17(12-24)20(18-4-3-8-29-18)16(11-23)21(25)27-22/h3-6,8,10H,7,9H2,1-2H3,(H2,25,27)(H,26,28). The lowest BCUT2D eigenvalue weighted by molar-refractivity contribution is -0.115. The lowest BCUT2D eigenvalue weighted by atomic mass is 10.0. The van der Waals surface area contributed by atoms with Crippen molar-refractivity contribution in [2.45, 2.75) is 25.3 Å². The molecule has 0 radical (unpaired) electrons. The Morgan fingerprint density at radius 2 is 1.97 bits per heavy atom. The number of anilines is 2. The number of nitrogens with one attached hydrogen (secondary N) is 1. The summed E-state index contributed by atoms with van der Waals surface area (Å²) in [7, 11) is 0. The van der Waals surface area contributed by atoms with Crippen molar-refractivity contribution in [1.29, 1.82) is 10.5 Å². The number of nitrogens with two attached hydrogens (primary N) is 1. The summed E-state index contributed by atoms with van der Waals surface area (Å²) in [6, 6.07) is 13.1. The van der Waals surface area contributed by atoms with Gasteiger partial charge in [-0.25, -0.2) is 4.98 Å². The lowest BCUT2D eigenvalue weighted by Crippen LogP contribution is -2.12. The van der Waals surface area contributed by atoms with Crippen LogP contribution in [-0.4, -0.2) is 16.6 Å². The number of carbonyl (C=O) groups is 1. The Morgan fingerprint density at radius 1 is 1.20 bits per heavy atom. The van der Waals surface area contributed by atoms with E-state index in [1.54, 1.807) is 12.1 Å². The van der Waals surface area contributed by atoms with Crippen LogP contribution in [0.1, 0.15) is 28.7 Å². The van der Waals surface area contributed by atoms with Gasteiger partial charge in [-0.1, -0.05) is 6.07 Å². The zero-order valence-electron chi connectivity index (χ0n) is 16.5. The molecule has 0 aliphatic rings. The van der Waals surface area contributed by atoms with Crippen molar-refractivity contribution in [2.75, 3.05) is 16.8 Å². The van der Waals surface area contributed by atoms with Crippen molar-refractivity contribution in [2.24, 2.45) is 0 Å². The molecule has 3 N–H and O–H groups in total. The average molecular weight is 417 g/mol. The van der Waals surface area contributed by atoms with Gasteiger partial charge in [0.1, 0.15) is 34.3 Å². The first-order chi connectivity index (χ1) is 14.4. The quantitative estimate of drug-likeness (QED) is 0.568. The molecule has 0 saturated heterocycles. The Labute approximate surface area is 178 Å². The maximum absolute atomic E-state index is 12.3. The first-order valence-corrected chi connectivity index (χ1v) is 10.1. The van der Waals surface area contributed by atoms with E-state index in [0.717, 1.165) is 16.8 Å². The molecular formula is C22H19N5O2S. The zero-order chi connectivity index (χ0) is 21.7. The Bertz CT molecular complexity index is 1170. The van der Waals surface area contributed by atoms with Crippen LogP contribution >= 0.6 is 11.8 Å². The number of pyridine rings is 1. The molecule has 0 atom stereocenters. The van der Waals surface area contributed by atoms with E-state index < -0.39 is 0 Å². The average Bonchev–Trinajstić information content (AvgIpc) is 3.24. The monoisotopic (exact) mass is 417 g/mol. The van der Waals surface area contributed by atoms with Gasteiger partial charge in [0, 0.05) is 17.9 Å². The second-order valence-electron chi connectivity index (χ2n) is 6.57. The van der Waals surface area contributed by atoms with Crippen LogP contribution in [0, 0.1) is 36.5 Å². The molecule has 0 fully saturated rings. The number of nitrogen functional groups attached to an aromatic ring is 1. The van der Waals surface area contributed by atoms with Crippen LogP contribution in [0.4, 0.5) is 11.5 Å². The highest BCUT2D eigenvalue weighted by Crippen LogP contribution is 2.35. The maximum atomic E-state index is 12.3. The number of furan rings is 1. The van der Waals surface area contributed by atoms with E-state index in [2.05, 4.69) is 16.4 Å². The molecule has 7 nitrogen and oxygen atoms in total. The Morgan fingerprint density at radius 3 is 2.60 bits per heavy atom. The molecule has 2 heterocycles. The summed E-state index contributed by atoms with van der Waals surface area (Å²) >= 11 is 1.24. The van der Waals surface area contributed by atoms with Gasteiger partial charge in [-0.05, 0) is 49.2 Å². The molecule has 0 aliphatic carbocycles. The van der Waals surface area contributed by atoms with E-state index >= 15 is 0 Å². The SMILES string of the molecule is Cc1ccc(NC(=O)CCSc2nc(N)c(C#N)c(-c3ccco3)c2C#N)cc1C. The van der Waals surface area contributed by atoms with Crippen LogP contribution in [0.15, 0.2) is 46.0 Å². The summed E-state index contributed by atoms with van der Waals surface area (Å²) in [5.41, 5.74) is 9.56. The van der Waals surface area contributed by atoms with Crippen LogP contribution in [0.2, 0.25) is 0 Å². The topological polar surface area (TPSA) is 129 Å². The molecule has 0 saturated carbocycles. The van der Waals surface area contributed by atoms with E-state index in [9.17, 15) is 15.3 Å². The number of rotatable bonds is 6. The van der Waals surface area contributed by atoms with Gasteiger partial charge in [0.15, 0.2) is 0 Å². The molecule has 2 aromatic heterocycles.